The van der Waals surface area contributed by atoms with Gasteiger partial charge in [-0.1, -0.05) is 32.6 Å². The van der Waals surface area contributed by atoms with Gasteiger partial charge in [-0.25, -0.2) is 0 Å². The number of hydrogen-bond donors (Lipinski definition) is 2. The molecule has 0 aliphatic rings. The van der Waals surface area contributed by atoms with Crippen LogP contribution in [0.3, 0.4) is 0 Å². The van der Waals surface area contributed by atoms with Crippen molar-refractivity contribution >= 4 is 6.29 Å². The quantitative estimate of drug-likeness (QED) is 0.441. The molecule has 14 heavy (non-hydrogen) atoms. The average molecular weight is 202 g/mol. The molecule has 0 heterocycles. The zero-order valence-corrected chi connectivity index (χ0v) is 8.98. The number of hydrogen-bond acceptors (Lipinski definition) is 3. The van der Waals surface area contributed by atoms with Crippen LogP contribution < -0.4 is 0 Å². The van der Waals surface area contributed by atoms with Crippen molar-refractivity contribution in [1.82, 2.24) is 0 Å². The van der Waals surface area contributed by atoms with E-state index in [2.05, 4.69) is 6.92 Å². The van der Waals surface area contributed by atoms with Crippen molar-refractivity contribution < 1.29 is 15.0 Å². The second-order valence-electron chi connectivity index (χ2n) is 3.80. The summed E-state index contributed by atoms with van der Waals surface area (Å²) in [5.41, 5.74) is 0. The number of aliphatic hydroxyl groups is 2. The molecular weight excluding hydrogens is 180 g/mol. The van der Waals surface area contributed by atoms with Crippen LogP contribution in [0.5, 0.6) is 0 Å². The van der Waals surface area contributed by atoms with E-state index in [1.807, 2.05) is 0 Å². The van der Waals surface area contributed by atoms with Crippen LogP contribution in [0.4, 0.5) is 0 Å². The van der Waals surface area contributed by atoms with E-state index in [1.165, 1.54) is 12.8 Å². The average Bonchev–Trinajstić information content (AvgIpc) is 2.13. The summed E-state index contributed by atoms with van der Waals surface area (Å²) in [5, 5.41) is 18.7. The molecule has 0 aromatic carbocycles. The highest BCUT2D eigenvalue weighted by Crippen LogP contribution is 2.10. The molecule has 3 nitrogen and oxygen atoms in total. The van der Waals surface area contributed by atoms with Gasteiger partial charge in [-0.2, -0.15) is 0 Å². The first kappa shape index (κ1) is 13.6. The molecule has 2 atom stereocenters. The van der Waals surface area contributed by atoms with Crippen LogP contribution in [-0.2, 0) is 4.79 Å². The lowest BCUT2D eigenvalue weighted by atomic mass is 10.0. The Kier molecular flexibility index (Phi) is 8.89. The van der Waals surface area contributed by atoms with E-state index in [9.17, 15) is 15.0 Å². The summed E-state index contributed by atoms with van der Waals surface area (Å²) in [6, 6.07) is 0. The van der Waals surface area contributed by atoms with Crippen molar-refractivity contribution in [2.24, 2.45) is 0 Å². The molecule has 0 radical (unpaired) electrons. The highest BCUT2D eigenvalue weighted by atomic mass is 16.3. The summed E-state index contributed by atoms with van der Waals surface area (Å²) in [6.45, 7) is 2.14. The first-order valence-electron chi connectivity index (χ1n) is 5.50. The van der Waals surface area contributed by atoms with Gasteiger partial charge in [0.25, 0.3) is 0 Å². The molecule has 84 valence electrons. The van der Waals surface area contributed by atoms with Crippen LogP contribution in [0, 0.1) is 0 Å². The molecule has 0 amide bonds. The first-order chi connectivity index (χ1) is 6.70. The van der Waals surface area contributed by atoms with Crippen LogP contribution in [0.2, 0.25) is 0 Å². The summed E-state index contributed by atoms with van der Waals surface area (Å²) in [4.78, 5) is 10.1. The topological polar surface area (TPSA) is 57.5 Å². The Bertz CT molecular complexity index is 136. The maximum Gasteiger partial charge on any atom is 0.122 e. The molecule has 0 saturated carbocycles. The van der Waals surface area contributed by atoms with E-state index in [0.717, 1.165) is 19.3 Å². The van der Waals surface area contributed by atoms with E-state index in [4.69, 9.17) is 0 Å². The summed E-state index contributed by atoms with van der Waals surface area (Å²) < 4.78 is 0. The van der Waals surface area contributed by atoms with Gasteiger partial charge in [-0.3, -0.25) is 0 Å². The predicted molar refractivity (Wildman–Crippen MR) is 56.1 cm³/mol. The zero-order valence-electron chi connectivity index (χ0n) is 8.98. The van der Waals surface area contributed by atoms with Gasteiger partial charge in [0.1, 0.15) is 6.29 Å². The van der Waals surface area contributed by atoms with Crippen LogP contribution in [-0.4, -0.2) is 28.7 Å². The fraction of sp³-hybridized carbons (Fsp3) is 0.909. The second kappa shape index (κ2) is 9.16. The molecule has 0 fully saturated rings. The third-order valence-corrected chi connectivity index (χ3v) is 2.30. The minimum absolute atomic E-state index is 0.131. The van der Waals surface area contributed by atoms with Gasteiger partial charge in [-0.15, -0.1) is 0 Å². The zero-order chi connectivity index (χ0) is 10.8. The van der Waals surface area contributed by atoms with Crippen molar-refractivity contribution in [2.45, 2.75) is 64.1 Å². The van der Waals surface area contributed by atoms with Gasteiger partial charge in [0.2, 0.25) is 0 Å². The Morgan fingerprint density at radius 1 is 1.14 bits per heavy atom. The molecule has 0 aromatic rings. The lowest BCUT2D eigenvalue weighted by Crippen LogP contribution is -2.17. The number of unbranched alkanes of at least 4 members (excludes halogenated alkanes) is 3. The molecule has 0 saturated heterocycles. The third kappa shape index (κ3) is 8.20. The van der Waals surface area contributed by atoms with Gasteiger partial charge >= 0.3 is 0 Å². The number of carbonyl (C=O) groups excluding carboxylic acids is 1. The van der Waals surface area contributed by atoms with E-state index in [-0.39, 0.29) is 6.42 Å². The lowest BCUT2D eigenvalue weighted by molar-refractivity contribution is -0.109. The smallest absolute Gasteiger partial charge is 0.122 e. The molecule has 0 spiro atoms. The Morgan fingerprint density at radius 2 is 1.86 bits per heavy atom. The van der Waals surface area contributed by atoms with E-state index in [1.54, 1.807) is 0 Å². The molecule has 0 rings (SSSR count). The first-order valence-corrected chi connectivity index (χ1v) is 5.50. The molecular formula is C11H22O3. The van der Waals surface area contributed by atoms with Crippen LogP contribution in [0.15, 0.2) is 0 Å². The lowest BCUT2D eigenvalue weighted by Gasteiger charge is -2.13. The molecule has 2 N–H and O–H groups in total. The summed E-state index contributed by atoms with van der Waals surface area (Å²) in [5.74, 6) is 0. The standard InChI is InChI=1S/C11H22O3/c1-2-3-4-5-6-10(13)9-11(14)7-8-12/h8,10-11,13-14H,2-7,9H2,1H3. The molecule has 0 aromatic heterocycles. The minimum atomic E-state index is -0.673. The van der Waals surface area contributed by atoms with Crippen molar-refractivity contribution in [3.8, 4) is 0 Å². The second-order valence-corrected chi connectivity index (χ2v) is 3.80. The summed E-state index contributed by atoms with van der Waals surface area (Å²) in [7, 11) is 0. The largest absolute Gasteiger partial charge is 0.393 e. The summed E-state index contributed by atoms with van der Waals surface area (Å²) >= 11 is 0. The Balaban J connectivity index is 3.34. The highest BCUT2D eigenvalue weighted by Gasteiger charge is 2.10. The van der Waals surface area contributed by atoms with Gasteiger partial charge in [0.05, 0.1) is 12.2 Å². The van der Waals surface area contributed by atoms with Gasteiger partial charge in [-0.05, 0) is 12.8 Å². The normalized spacial score (nSPS) is 15.1. The van der Waals surface area contributed by atoms with E-state index < -0.39 is 12.2 Å². The van der Waals surface area contributed by atoms with Crippen molar-refractivity contribution in [3.63, 3.8) is 0 Å². The molecule has 0 aliphatic heterocycles. The van der Waals surface area contributed by atoms with Crippen molar-refractivity contribution in [2.75, 3.05) is 0 Å². The van der Waals surface area contributed by atoms with E-state index in [0.29, 0.717) is 12.7 Å². The monoisotopic (exact) mass is 202 g/mol. The van der Waals surface area contributed by atoms with Crippen LogP contribution >= 0.6 is 0 Å². The Labute approximate surface area is 86.1 Å². The number of rotatable bonds is 9. The van der Waals surface area contributed by atoms with E-state index >= 15 is 0 Å². The SMILES string of the molecule is CCCCCCC(O)CC(O)CC=O. The number of aldehydes is 1. The van der Waals surface area contributed by atoms with Crippen LogP contribution in [0.1, 0.15) is 51.9 Å². The molecule has 0 aliphatic carbocycles. The Morgan fingerprint density at radius 3 is 2.43 bits per heavy atom. The van der Waals surface area contributed by atoms with Crippen molar-refractivity contribution in [1.29, 1.82) is 0 Å². The maximum atomic E-state index is 10.1. The molecule has 3 heteroatoms. The van der Waals surface area contributed by atoms with Crippen LogP contribution in [0.25, 0.3) is 0 Å². The minimum Gasteiger partial charge on any atom is -0.393 e. The van der Waals surface area contributed by atoms with Gasteiger partial charge in [0, 0.05) is 6.42 Å². The van der Waals surface area contributed by atoms with Gasteiger partial charge < -0.3 is 15.0 Å². The summed E-state index contributed by atoms with van der Waals surface area (Å²) in [6.07, 6.45) is 5.27. The third-order valence-electron chi connectivity index (χ3n) is 2.30. The highest BCUT2D eigenvalue weighted by molar-refractivity contribution is 5.49. The number of aliphatic hydroxyl groups excluding tert-OH is 2. The maximum absolute atomic E-state index is 10.1. The molecule has 2 unspecified atom stereocenters. The fourth-order valence-corrected chi connectivity index (χ4v) is 1.45. The Hall–Kier alpha value is -0.410. The number of carbonyl (C=O) groups is 1. The fourth-order valence-electron chi connectivity index (χ4n) is 1.45. The van der Waals surface area contributed by atoms with Gasteiger partial charge in [0.15, 0.2) is 0 Å². The predicted octanol–water partition coefficient (Wildman–Crippen LogP) is 1.66. The molecule has 0 bridgehead atoms. The van der Waals surface area contributed by atoms with Crippen molar-refractivity contribution in [3.05, 3.63) is 0 Å².